The average Bonchev–Trinajstić information content (AvgIpc) is 2.53. The molecule has 0 bridgehead atoms. The van der Waals surface area contributed by atoms with Gasteiger partial charge in [-0.2, -0.15) is 0 Å². The van der Waals surface area contributed by atoms with Gasteiger partial charge in [-0.25, -0.2) is 0 Å². The highest BCUT2D eigenvalue weighted by atomic mass is 16.2. The molecule has 1 aliphatic heterocycles. The molecule has 1 saturated heterocycles. The molecule has 1 aliphatic rings. The molecule has 6 heteroatoms. The second-order valence-electron chi connectivity index (χ2n) is 5.67. The lowest BCUT2D eigenvalue weighted by molar-refractivity contribution is 0.0821. The second-order valence-corrected chi connectivity index (χ2v) is 5.67. The van der Waals surface area contributed by atoms with Crippen molar-refractivity contribution < 1.29 is 4.79 Å². The van der Waals surface area contributed by atoms with Crippen LogP contribution in [0.2, 0.25) is 0 Å². The van der Waals surface area contributed by atoms with E-state index in [0.29, 0.717) is 11.7 Å². The number of piperidine rings is 1. The van der Waals surface area contributed by atoms with Crippen molar-refractivity contribution >= 4 is 11.7 Å². The first-order valence-corrected chi connectivity index (χ1v) is 7.66. The van der Waals surface area contributed by atoms with Crippen molar-refractivity contribution in [2.45, 2.75) is 32.2 Å². The van der Waals surface area contributed by atoms with E-state index in [-0.39, 0.29) is 5.91 Å². The largest absolute Gasteiger partial charge is 0.351 e. The molecular formula is C15H25N5O. The number of carbonyl (C=O) groups is 1. The van der Waals surface area contributed by atoms with Gasteiger partial charge in [0.05, 0.1) is 0 Å². The van der Waals surface area contributed by atoms with E-state index in [9.17, 15) is 4.79 Å². The summed E-state index contributed by atoms with van der Waals surface area (Å²) >= 11 is 0. The van der Waals surface area contributed by atoms with Gasteiger partial charge in [-0.05, 0) is 37.9 Å². The predicted octanol–water partition coefficient (Wildman–Crippen LogP) is 1.15. The van der Waals surface area contributed by atoms with Gasteiger partial charge >= 0.3 is 0 Å². The van der Waals surface area contributed by atoms with Gasteiger partial charge in [0, 0.05) is 33.2 Å². The van der Waals surface area contributed by atoms with Crippen LogP contribution in [0, 0.1) is 0 Å². The topological polar surface area (TPSA) is 61.4 Å². The van der Waals surface area contributed by atoms with E-state index in [1.165, 1.54) is 17.7 Å². The molecule has 1 aromatic heterocycles. The van der Waals surface area contributed by atoms with Crippen molar-refractivity contribution in [2.24, 2.45) is 0 Å². The number of carbonyl (C=O) groups excluding carboxylic acids is 1. The Morgan fingerprint density at radius 2 is 2.19 bits per heavy atom. The molecule has 2 heterocycles. The van der Waals surface area contributed by atoms with Crippen LogP contribution in [0.3, 0.4) is 0 Å². The third-order valence-electron chi connectivity index (χ3n) is 3.75. The smallest absolute Gasteiger partial charge is 0.273 e. The summed E-state index contributed by atoms with van der Waals surface area (Å²) in [5.41, 5.74) is 0.391. The number of hydrogen-bond donors (Lipinski definition) is 1. The monoisotopic (exact) mass is 291 g/mol. The fraction of sp³-hybridized carbons (Fsp3) is 0.667. The van der Waals surface area contributed by atoms with Crippen molar-refractivity contribution in [1.29, 1.82) is 0 Å². The van der Waals surface area contributed by atoms with Crippen LogP contribution in [0.1, 0.15) is 36.7 Å². The number of nitrogens with one attached hydrogen (secondary N) is 1. The maximum Gasteiger partial charge on any atom is 0.273 e. The standard InChI is InChI=1S/C15H25N5O/c1-4-10-20(12-6-5-9-16-11-12)14-8-7-13(17-18-14)15(21)19(2)3/h7-8,12,16H,4-6,9-11H2,1-3H3. The van der Waals surface area contributed by atoms with Crippen LogP contribution in [0.15, 0.2) is 12.1 Å². The molecule has 1 amide bonds. The minimum Gasteiger partial charge on any atom is -0.351 e. The Morgan fingerprint density at radius 3 is 2.71 bits per heavy atom. The fourth-order valence-electron chi connectivity index (χ4n) is 2.65. The van der Waals surface area contributed by atoms with Gasteiger partial charge in [0.2, 0.25) is 0 Å². The van der Waals surface area contributed by atoms with E-state index in [4.69, 9.17) is 0 Å². The summed E-state index contributed by atoms with van der Waals surface area (Å²) < 4.78 is 0. The minimum atomic E-state index is -0.115. The van der Waals surface area contributed by atoms with Gasteiger partial charge in [0.25, 0.3) is 5.91 Å². The zero-order valence-corrected chi connectivity index (χ0v) is 13.2. The highest BCUT2D eigenvalue weighted by Gasteiger charge is 2.22. The van der Waals surface area contributed by atoms with Crippen LogP contribution in [-0.2, 0) is 0 Å². The molecule has 21 heavy (non-hydrogen) atoms. The van der Waals surface area contributed by atoms with Gasteiger partial charge in [-0.15, -0.1) is 10.2 Å². The molecule has 0 spiro atoms. The van der Waals surface area contributed by atoms with Crippen LogP contribution in [0.25, 0.3) is 0 Å². The molecular weight excluding hydrogens is 266 g/mol. The van der Waals surface area contributed by atoms with Gasteiger partial charge in [0.1, 0.15) is 0 Å². The minimum absolute atomic E-state index is 0.115. The normalized spacial score (nSPS) is 18.3. The van der Waals surface area contributed by atoms with Crippen LogP contribution in [0.5, 0.6) is 0 Å². The van der Waals surface area contributed by atoms with E-state index in [1.54, 1.807) is 20.2 Å². The molecule has 0 aromatic carbocycles. The maximum atomic E-state index is 11.9. The summed E-state index contributed by atoms with van der Waals surface area (Å²) in [6.07, 6.45) is 3.43. The number of amides is 1. The van der Waals surface area contributed by atoms with Gasteiger partial charge in [-0.3, -0.25) is 4.79 Å². The molecule has 1 unspecified atom stereocenters. The number of nitrogens with zero attached hydrogens (tertiary/aromatic N) is 4. The first kappa shape index (κ1) is 15.7. The Morgan fingerprint density at radius 1 is 1.38 bits per heavy atom. The molecule has 2 rings (SSSR count). The van der Waals surface area contributed by atoms with E-state index in [0.717, 1.165) is 31.9 Å². The first-order valence-electron chi connectivity index (χ1n) is 7.66. The lowest BCUT2D eigenvalue weighted by atomic mass is 10.1. The summed E-state index contributed by atoms with van der Waals surface area (Å²) in [6.45, 7) is 5.21. The third-order valence-corrected chi connectivity index (χ3v) is 3.75. The number of aromatic nitrogens is 2. The van der Waals surface area contributed by atoms with Crippen molar-refractivity contribution in [2.75, 3.05) is 38.6 Å². The van der Waals surface area contributed by atoms with E-state index in [2.05, 4.69) is 27.3 Å². The summed E-state index contributed by atoms with van der Waals surface area (Å²) in [5, 5.41) is 11.8. The van der Waals surface area contributed by atoms with Crippen LogP contribution in [-0.4, -0.2) is 60.8 Å². The fourth-order valence-corrected chi connectivity index (χ4v) is 2.65. The number of rotatable bonds is 5. The van der Waals surface area contributed by atoms with Gasteiger partial charge in [-0.1, -0.05) is 6.92 Å². The summed E-state index contributed by atoms with van der Waals surface area (Å²) in [6, 6.07) is 4.14. The molecule has 1 fully saturated rings. The van der Waals surface area contributed by atoms with Crippen molar-refractivity contribution in [3.63, 3.8) is 0 Å². The lowest BCUT2D eigenvalue weighted by Crippen LogP contribution is -2.47. The number of anilines is 1. The van der Waals surface area contributed by atoms with Crippen molar-refractivity contribution in [1.82, 2.24) is 20.4 Å². The Balaban J connectivity index is 2.14. The molecule has 1 aromatic rings. The molecule has 0 aliphatic carbocycles. The quantitative estimate of drug-likeness (QED) is 0.881. The van der Waals surface area contributed by atoms with E-state index < -0.39 is 0 Å². The highest BCUT2D eigenvalue weighted by molar-refractivity contribution is 5.91. The molecule has 0 saturated carbocycles. The van der Waals surface area contributed by atoms with E-state index in [1.807, 2.05) is 6.07 Å². The molecule has 6 nitrogen and oxygen atoms in total. The maximum absolute atomic E-state index is 11.9. The summed E-state index contributed by atoms with van der Waals surface area (Å²) in [7, 11) is 3.43. The highest BCUT2D eigenvalue weighted by Crippen LogP contribution is 2.18. The average molecular weight is 291 g/mol. The Labute approximate surface area is 126 Å². The Hall–Kier alpha value is -1.69. The van der Waals surface area contributed by atoms with Crippen LogP contribution < -0.4 is 10.2 Å². The zero-order chi connectivity index (χ0) is 15.2. The Bertz CT molecular complexity index is 454. The third kappa shape index (κ3) is 3.91. The SMILES string of the molecule is CCCN(c1ccc(C(=O)N(C)C)nn1)C1CCCNC1. The first-order chi connectivity index (χ1) is 10.1. The van der Waals surface area contributed by atoms with E-state index >= 15 is 0 Å². The van der Waals surface area contributed by atoms with Crippen molar-refractivity contribution in [3.8, 4) is 0 Å². The summed E-state index contributed by atoms with van der Waals surface area (Å²) in [5.74, 6) is 0.747. The van der Waals surface area contributed by atoms with Gasteiger partial charge < -0.3 is 15.1 Å². The van der Waals surface area contributed by atoms with Gasteiger partial charge in [0.15, 0.2) is 11.5 Å². The molecule has 1 N–H and O–H groups in total. The van der Waals surface area contributed by atoms with Crippen molar-refractivity contribution in [3.05, 3.63) is 17.8 Å². The lowest BCUT2D eigenvalue weighted by Gasteiger charge is -2.35. The Kier molecular flexibility index (Phi) is 5.50. The molecule has 1 atom stereocenters. The zero-order valence-electron chi connectivity index (χ0n) is 13.2. The second kappa shape index (κ2) is 7.36. The van der Waals surface area contributed by atoms with Crippen LogP contribution >= 0.6 is 0 Å². The predicted molar refractivity (Wildman–Crippen MR) is 83.6 cm³/mol. The van der Waals surface area contributed by atoms with Crippen LogP contribution in [0.4, 0.5) is 5.82 Å². The summed E-state index contributed by atoms with van der Waals surface area (Å²) in [4.78, 5) is 15.7. The molecule has 0 radical (unpaired) electrons. The molecule has 116 valence electrons. The number of hydrogen-bond acceptors (Lipinski definition) is 5.